The summed E-state index contributed by atoms with van der Waals surface area (Å²) >= 11 is 3.34. The van der Waals surface area contributed by atoms with Crippen LogP contribution in [-0.2, 0) is 6.54 Å². The number of amides is 2. The van der Waals surface area contributed by atoms with E-state index in [9.17, 15) is 23.2 Å². The van der Waals surface area contributed by atoms with Crippen molar-refractivity contribution in [3.8, 4) is 5.69 Å². The van der Waals surface area contributed by atoms with Crippen LogP contribution in [0.15, 0.2) is 71.5 Å². The van der Waals surface area contributed by atoms with E-state index in [-0.39, 0.29) is 34.7 Å². The third kappa shape index (κ3) is 3.52. The van der Waals surface area contributed by atoms with E-state index in [0.717, 1.165) is 17.0 Å². The Morgan fingerprint density at radius 3 is 2.21 bits per heavy atom. The zero-order valence-electron chi connectivity index (χ0n) is 17.2. The Morgan fingerprint density at radius 1 is 0.912 bits per heavy atom. The van der Waals surface area contributed by atoms with Crippen molar-refractivity contribution in [1.82, 2.24) is 19.7 Å². The number of hydrogen-bond acceptors (Lipinski definition) is 5. The molecule has 0 saturated carbocycles. The van der Waals surface area contributed by atoms with Crippen LogP contribution in [0.25, 0.3) is 5.69 Å². The summed E-state index contributed by atoms with van der Waals surface area (Å²) in [6.45, 7) is -0.222. The maximum Gasteiger partial charge on any atom is 0.261 e. The van der Waals surface area contributed by atoms with Crippen LogP contribution in [0.2, 0.25) is 0 Å². The minimum Gasteiger partial charge on any atom is -0.288 e. The van der Waals surface area contributed by atoms with Crippen LogP contribution in [0.3, 0.4) is 0 Å². The van der Waals surface area contributed by atoms with Gasteiger partial charge in [0.1, 0.15) is 18.0 Å². The van der Waals surface area contributed by atoms with Gasteiger partial charge in [0, 0.05) is 10.0 Å². The lowest BCUT2D eigenvalue weighted by atomic mass is 10.0. The van der Waals surface area contributed by atoms with Crippen molar-refractivity contribution in [2.75, 3.05) is 0 Å². The average Bonchev–Trinajstić information content (AvgIpc) is 3.38. The predicted octanol–water partition coefficient (Wildman–Crippen LogP) is 4.34. The van der Waals surface area contributed by atoms with Crippen LogP contribution >= 0.6 is 15.9 Å². The van der Waals surface area contributed by atoms with Gasteiger partial charge in [-0.05, 0) is 42.5 Å². The Hall–Kier alpha value is -4.05. The molecule has 0 atom stereocenters. The second kappa shape index (κ2) is 8.38. The van der Waals surface area contributed by atoms with Gasteiger partial charge >= 0.3 is 0 Å². The van der Waals surface area contributed by atoms with E-state index in [1.807, 2.05) is 0 Å². The summed E-state index contributed by atoms with van der Waals surface area (Å²) in [5, 5.41) is 7.88. The number of benzene rings is 3. The third-order valence-corrected chi connectivity index (χ3v) is 5.94. The van der Waals surface area contributed by atoms with Gasteiger partial charge in [-0.2, -0.15) is 0 Å². The molecular weight excluding hydrogens is 510 g/mol. The van der Waals surface area contributed by atoms with E-state index in [0.29, 0.717) is 4.47 Å². The molecule has 1 aliphatic rings. The van der Waals surface area contributed by atoms with E-state index >= 15 is 0 Å². The number of nitrogens with zero attached hydrogens (tertiary/aromatic N) is 4. The summed E-state index contributed by atoms with van der Waals surface area (Å²) in [4.78, 5) is 39.7. The lowest BCUT2D eigenvalue weighted by molar-refractivity contribution is 0.0637. The van der Waals surface area contributed by atoms with Crippen LogP contribution in [0.1, 0.15) is 42.5 Å². The minimum atomic E-state index is -0.992. The van der Waals surface area contributed by atoms with Crippen LogP contribution in [0.4, 0.5) is 8.78 Å². The number of carbonyl (C=O) groups is 3. The van der Waals surface area contributed by atoms with Crippen molar-refractivity contribution in [3.63, 3.8) is 0 Å². The summed E-state index contributed by atoms with van der Waals surface area (Å²) in [5.74, 6) is -3.64. The lowest BCUT2D eigenvalue weighted by Gasteiger charge is -2.16. The number of fused-ring (bicyclic) bond motifs is 1. The smallest absolute Gasteiger partial charge is 0.261 e. The van der Waals surface area contributed by atoms with Gasteiger partial charge in [0.25, 0.3) is 11.8 Å². The topological polar surface area (TPSA) is 85.2 Å². The Labute approximate surface area is 199 Å². The first-order valence-electron chi connectivity index (χ1n) is 9.99. The number of halogens is 3. The van der Waals surface area contributed by atoms with E-state index < -0.39 is 34.8 Å². The zero-order valence-corrected chi connectivity index (χ0v) is 18.8. The van der Waals surface area contributed by atoms with Crippen LogP contribution in [0, 0.1) is 11.6 Å². The highest BCUT2D eigenvalue weighted by Crippen LogP contribution is 2.28. The standard InChI is InChI=1S/C24H13BrF2N4O3/c25-13-8-9-16(22(32)21-17(26)6-3-7-18(21)27)19(10-13)31-12-28-29-20(31)11-30-23(33)14-4-1-2-5-15(14)24(30)34/h1-10,12H,11H2. The normalized spacial score (nSPS) is 12.9. The molecule has 168 valence electrons. The summed E-state index contributed by atoms with van der Waals surface area (Å²) in [5.41, 5.74) is 0.0779. The monoisotopic (exact) mass is 522 g/mol. The van der Waals surface area contributed by atoms with Gasteiger partial charge in [-0.1, -0.05) is 34.1 Å². The zero-order chi connectivity index (χ0) is 24.0. The molecule has 0 N–H and O–H groups in total. The van der Waals surface area contributed by atoms with E-state index in [4.69, 9.17) is 0 Å². The number of hydrogen-bond donors (Lipinski definition) is 0. The molecule has 4 aromatic rings. The van der Waals surface area contributed by atoms with Gasteiger partial charge in [0.2, 0.25) is 5.78 Å². The first-order chi connectivity index (χ1) is 16.4. The number of imide groups is 1. The molecular formula is C24H13BrF2N4O3. The van der Waals surface area contributed by atoms with Gasteiger partial charge in [-0.3, -0.25) is 23.9 Å². The Bertz CT molecular complexity index is 1450. The Morgan fingerprint density at radius 2 is 1.56 bits per heavy atom. The number of rotatable bonds is 5. The molecule has 2 amide bonds. The van der Waals surface area contributed by atoms with Crippen molar-refractivity contribution in [2.24, 2.45) is 0 Å². The molecule has 0 radical (unpaired) electrons. The lowest BCUT2D eigenvalue weighted by Crippen LogP contribution is -2.30. The fourth-order valence-electron chi connectivity index (χ4n) is 3.84. The second-order valence-electron chi connectivity index (χ2n) is 7.45. The average molecular weight is 523 g/mol. The van der Waals surface area contributed by atoms with Gasteiger partial charge < -0.3 is 0 Å². The summed E-state index contributed by atoms with van der Waals surface area (Å²) in [7, 11) is 0. The minimum absolute atomic E-state index is 0.0180. The molecule has 5 rings (SSSR count). The largest absolute Gasteiger partial charge is 0.288 e. The third-order valence-electron chi connectivity index (χ3n) is 5.45. The van der Waals surface area contributed by atoms with Gasteiger partial charge in [0.15, 0.2) is 5.82 Å². The van der Waals surface area contributed by atoms with E-state index in [1.54, 1.807) is 36.4 Å². The highest BCUT2D eigenvalue weighted by Gasteiger charge is 2.36. The van der Waals surface area contributed by atoms with Gasteiger partial charge in [-0.25, -0.2) is 8.78 Å². The molecule has 0 bridgehead atoms. The van der Waals surface area contributed by atoms with Crippen LogP contribution < -0.4 is 0 Å². The van der Waals surface area contributed by atoms with Crippen LogP contribution in [-0.4, -0.2) is 37.3 Å². The summed E-state index contributed by atoms with van der Waals surface area (Å²) in [6.07, 6.45) is 1.30. The Kier molecular flexibility index (Phi) is 5.37. The molecule has 2 heterocycles. The number of aromatic nitrogens is 3. The highest BCUT2D eigenvalue weighted by molar-refractivity contribution is 9.10. The maximum atomic E-state index is 14.3. The van der Waals surface area contributed by atoms with Crippen molar-refractivity contribution >= 4 is 33.5 Å². The van der Waals surface area contributed by atoms with Crippen molar-refractivity contribution in [3.05, 3.63) is 111 Å². The van der Waals surface area contributed by atoms with Gasteiger partial charge in [0.05, 0.1) is 28.9 Å². The molecule has 1 aromatic heterocycles. The Balaban J connectivity index is 1.56. The van der Waals surface area contributed by atoms with E-state index in [1.165, 1.54) is 23.0 Å². The first kappa shape index (κ1) is 21.8. The molecule has 7 nitrogen and oxygen atoms in total. The molecule has 0 saturated heterocycles. The van der Waals surface area contributed by atoms with Gasteiger partial charge in [-0.15, -0.1) is 10.2 Å². The fourth-order valence-corrected chi connectivity index (χ4v) is 4.19. The molecule has 1 aliphatic heterocycles. The SMILES string of the molecule is O=C(c1ccc(Br)cc1-n1cnnc1CN1C(=O)c2ccccc2C1=O)c1c(F)cccc1F. The van der Waals surface area contributed by atoms with Crippen molar-refractivity contribution in [1.29, 1.82) is 0 Å². The number of ketones is 1. The predicted molar refractivity (Wildman–Crippen MR) is 119 cm³/mol. The van der Waals surface area contributed by atoms with Crippen molar-refractivity contribution < 1.29 is 23.2 Å². The maximum absolute atomic E-state index is 14.3. The number of carbonyl (C=O) groups excluding carboxylic acids is 3. The summed E-state index contributed by atoms with van der Waals surface area (Å²) < 4.78 is 30.6. The highest BCUT2D eigenvalue weighted by atomic mass is 79.9. The second-order valence-corrected chi connectivity index (χ2v) is 8.36. The molecule has 34 heavy (non-hydrogen) atoms. The molecule has 0 unspecified atom stereocenters. The molecule has 10 heteroatoms. The quantitative estimate of drug-likeness (QED) is 0.287. The molecule has 0 fully saturated rings. The first-order valence-corrected chi connectivity index (χ1v) is 10.8. The summed E-state index contributed by atoms with van der Waals surface area (Å²) in [6, 6.07) is 14.2. The fraction of sp³-hybridized carbons (Fsp3) is 0.0417. The molecule has 0 aliphatic carbocycles. The molecule has 3 aromatic carbocycles. The van der Waals surface area contributed by atoms with Crippen molar-refractivity contribution in [2.45, 2.75) is 6.54 Å². The van der Waals surface area contributed by atoms with Crippen LogP contribution in [0.5, 0.6) is 0 Å². The van der Waals surface area contributed by atoms with E-state index in [2.05, 4.69) is 26.1 Å². The molecule has 0 spiro atoms.